The molecular weight excluding hydrogens is 522 g/mol. The molecule has 0 fully saturated rings. The van der Waals surface area contributed by atoms with Gasteiger partial charge in [-0.2, -0.15) is 26.3 Å². The second-order valence-electron chi connectivity index (χ2n) is 7.80. The van der Waals surface area contributed by atoms with Crippen LogP contribution in [0.3, 0.4) is 0 Å². The van der Waals surface area contributed by atoms with Gasteiger partial charge >= 0.3 is 18.3 Å². The minimum atomic E-state index is -4.62. The number of benzene rings is 2. The van der Waals surface area contributed by atoms with Crippen molar-refractivity contribution in [2.45, 2.75) is 38.7 Å². The minimum Gasteiger partial charge on any atom is -0.490 e. The average molecular weight is 550 g/mol. The van der Waals surface area contributed by atoms with Crippen molar-refractivity contribution in [2.75, 3.05) is 33.0 Å². The van der Waals surface area contributed by atoms with Gasteiger partial charge in [-0.3, -0.25) is 0 Å². The molecule has 0 N–H and O–H groups in total. The first-order valence-electron chi connectivity index (χ1n) is 11.6. The third kappa shape index (κ3) is 12.2. The molecule has 0 unspecified atom stereocenters. The third-order valence-corrected chi connectivity index (χ3v) is 4.63. The van der Waals surface area contributed by atoms with Gasteiger partial charge in [0, 0.05) is 19.1 Å². The van der Waals surface area contributed by atoms with E-state index in [0.29, 0.717) is 18.8 Å². The van der Waals surface area contributed by atoms with Crippen LogP contribution in [0.25, 0.3) is 6.08 Å². The number of carbonyl (C=O) groups excluding carboxylic acids is 1. The summed E-state index contributed by atoms with van der Waals surface area (Å²) in [5.74, 6) is -0.545. The fourth-order valence-electron chi connectivity index (χ4n) is 3.10. The summed E-state index contributed by atoms with van der Waals surface area (Å²) in [4.78, 5) is 12.0. The third-order valence-electron chi connectivity index (χ3n) is 4.63. The molecule has 0 aliphatic rings. The van der Waals surface area contributed by atoms with Crippen LogP contribution in [-0.4, -0.2) is 57.5 Å². The van der Waals surface area contributed by atoms with E-state index in [-0.39, 0.29) is 30.3 Å². The van der Waals surface area contributed by atoms with Crippen LogP contribution < -0.4 is 14.2 Å². The molecule has 0 heterocycles. The van der Waals surface area contributed by atoms with E-state index < -0.39 is 37.6 Å². The van der Waals surface area contributed by atoms with Gasteiger partial charge in [0.2, 0.25) is 0 Å². The van der Waals surface area contributed by atoms with Crippen molar-refractivity contribution < 1.29 is 54.8 Å². The van der Waals surface area contributed by atoms with Crippen LogP contribution in [0.15, 0.2) is 48.5 Å². The molecule has 0 bridgehead atoms. The maximum Gasteiger partial charge on any atom is 0.422 e. The number of hydrogen-bond donors (Lipinski definition) is 0. The highest BCUT2D eigenvalue weighted by atomic mass is 19.4. The van der Waals surface area contributed by atoms with Gasteiger partial charge in [0.1, 0.15) is 23.9 Å². The van der Waals surface area contributed by atoms with Crippen LogP contribution in [0.1, 0.15) is 25.0 Å². The summed E-state index contributed by atoms with van der Waals surface area (Å²) in [5.41, 5.74) is 1.07. The average Bonchev–Trinajstić information content (AvgIpc) is 2.84. The van der Waals surface area contributed by atoms with Gasteiger partial charge < -0.3 is 23.7 Å². The molecule has 0 aromatic heterocycles. The van der Waals surface area contributed by atoms with Crippen molar-refractivity contribution >= 4 is 12.0 Å². The van der Waals surface area contributed by atoms with E-state index in [9.17, 15) is 31.1 Å². The molecule has 0 spiro atoms. The van der Waals surface area contributed by atoms with E-state index in [4.69, 9.17) is 14.2 Å². The standard InChI is InChI=1S/C26H28F6O6/c1-3-34-23(24(33)35-4-2)14-18-7-9-20(10-8-18)36-11-5-6-19-12-21(37-16-25(27,28)29)15-22(13-19)38-17-26(30,31)32/h5-10,12-13,15,23H,3-4,11,14,16-17H2,1-2H3/t23-/m0/s1. The van der Waals surface area contributed by atoms with Crippen molar-refractivity contribution in [2.24, 2.45) is 0 Å². The first-order valence-corrected chi connectivity index (χ1v) is 11.6. The summed E-state index contributed by atoms with van der Waals surface area (Å²) in [5, 5.41) is 0. The molecule has 0 aliphatic carbocycles. The van der Waals surface area contributed by atoms with Crippen LogP contribution in [-0.2, 0) is 20.7 Å². The van der Waals surface area contributed by atoms with Gasteiger partial charge in [0.15, 0.2) is 19.3 Å². The molecule has 38 heavy (non-hydrogen) atoms. The van der Waals surface area contributed by atoms with Gasteiger partial charge in [0.05, 0.1) is 6.61 Å². The van der Waals surface area contributed by atoms with E-state index in [2.05, 4.69) is 9.47 Å². The highest BCUT2D eigenvalue weighted by Crippen LogP contribution is 2.27. The Labute approximate surface area is 216 Å². The lowest BCUT2D eigenvalue weighted by molar-refractivity contribution is -0.156. The zero-order chi connectivity index (χ0) is 28.2. The molecular formula is C26H28F6O6. The zero-order valence-electron chi connectivity index (χ0n) is 20.7. The molecule has 0 amide bonds. The van der Waals surface area contributed by atoms with Gasteiger partial charge in [0.25, 0.3) is 0 Å². The van der Waals surface area contributed by atoms with Crippen molar-refractivity contribution in [1.82, 2.24) is 0 Å². The molecule has 0 saturated heterocycles. The van der Waals surface area contributed by atoms with Gasteiger partial charge in [-0.1, -0.05) is 18.2 Å². The van der Waals surface area contributed by atoms with Gasteiger partial charge in [-0.25, -0.2) is 4.79 Å². The predicted octanol–water partition coefficient (Wildman–Crippen LogP) is 6.17. The summed E-state index contributed by atoms with van der Waals surface area (Å²) in [7, 11) is 0. The first kappa shape index (κ1) is 30.8. The summed E-state index contributed by atoms with van der Waals surface area (Å²) in [6.45, 7) is 0.918. The fourth-order valence-corrected chi connectivity index (χ4v) is 3.10. The van der Waals surface area contributed by atoms with Crippen molar-refractivity contribution in [3.63, 3.8) is 0 Å². The van der Waals surface area contributed by atoms with Crippen LogP contribution in [0.5, 0.6) is 17.2 Å². The fraction of sp³-hybridized carbons (Fsp3) is 0.423. The molecule has 0 radical (unpaired) electrons. The lowest BCUT2D eigenvalue weighted by Crippen LogP contribution is -2.28. The Bertz CT molecular complexity index is 998. The van der Waals surface area contributed by atoms with Crippen LogP contribution in [0, 0.1) is 0 Å². The molecule has 1 atom stereocenters. The largest absolute Gasteiger partial charge is 0.490 e. The number of halogens is 6. The highest BCUT2D eigenvalue weighted by molar-refractivity contribution is 5.75. The second-order valence-corrected chi connectivity index (χ2v) is 7.80. The van der Waals surface area contributed by atoms with Gasteiger partial charge in [-0.15, -0.1) is 0 Å². The molecule has 0 aliphatic heterocycles. The maximum absolute atomic E-state index is 12.5. The van der Waals surface area contributed by atoms with Crippen LogP contribution in [0.2, 0.25) is 0 Å². The minimum absolute atomic E-state index is 0.0517. The van der Waals surface area contributed by atoms with E-state index in [0.717, 1.165) is 11.6 Å². The Balaban J connectivity index is 2.00. The van der Waals surface area contributed by atoms with Gasteiger partial charge in [-0.05, 0) is 55.3 Å². The number of ether oxygens (including phenoxy) is 5. The molecule has 2 rings (SSSR count). The van der Waals surface area contributed by atoms with Crippen LogP contribution >= 0.6 is 0 Å². The quantitative estimate of drug-likeness (QED) is 0.207. The Kier molecular flexibility index (Phi) is 11.8. The monoisotopic (exact) mass is 550 g/mol. The molecule has 12 heteroatoms. The Morgan fingerprint density at radius 1 is 0.816 bits per heavy atom. The number of alkyl halides is 6. The summed E-state index contributed by atoms with van der Waals surface area (Å²) >= 11 is 0. The molecule has 210 valence electrons. The van der Waals surface area contributed by atoms with Crippen molar-refractivity contribution in [1.29, 1.82) is 0 Å². The Morgan fingerprint density at radius 3 is 1.89 bits per heavy atom. The SMILES string of the molecule is CCOC(=O)[C@H](Cc1ccc(OCC=Cc2cc(OCC(F)(F)F)cc(OCC(F)(F)F)c2)cc1)OCC. The molecule has 2 aromatic rings. The van der Waals surface area contributed by atoms with Crippen molar-refractivity contribution in [3.8, 4) is 17.2 Å². The lowest BCUT2D eigenvalue weighted by Gasteiger charge is -2.15. The molecule has 6 nitrogen and oxygen atoms in total. The zero-order valence-corrected chi connectivity index (χ0v) is 20.7. The number of hydrogen-bond acceptors (Lipinski definition) is 6. The van der Waals surface area contributed by atoms with Crippen molar-refractivity contribution in [3.05, 3.63) is 59.7 Å². The topological polar surface area (TPSA) is 63.2 Å². The normalized spacial score (nSPS) is 12.8. The maximum atomic E-state index is 12.5. The smallest absolute Gasteiger partial charge is 0.422 e. The molecule has 0 saturated carbocycles. The van der Waals surface area contributed by atoms with Crippen LogP contribution in [0.4, 0.5) is 26.3 Å². The Hall–Kier alpha value is -3.41. The molecule has 2 aromatic carbocycles. The summed E-state index contributed by atoms with van der Waals surface area (Å²) in [6.07, 6.45) is -6.68. The first-order chi connectivity index (χ1) is 17.9. The van der Waals surface area contributed by atoms with E-state index in [1.54, 1.807) is 38.1 Å². The second kappa shape index (κ2) is 14.5. The lowest BCUT2D eigenvalue weighted by atomic mass is 10.1. The van der Waals surface area contributed by atoms with E-state index >= 15 is 0 Å². The number of esters is 1. The number of rotatable bonds is 14. The highest BCUT2D eigenvalue weighted by Gasteiger charge is 2.30. The van der Waals surface area contributed by atoms with E-state index in [1.807, 2.05) is 0 Å². The Morgan fingerprint density at radius 2 is 1.39 bits per heavy atom. The summed E-state index contributed by atoms with van der Waals surface area (Å²) in [6, 6.07) is 10.3. The summed E-state index contributed by atoms with van der Waals surface area (Å²) < 4.78 is 100. The number of carbonyl (C=O) groups is 1. The van der Waals surface area contributed by atoms with E-state index in [1.165, 1.54) is 24.3 Å². The predicted molar refractivity (Wildman–Crippen MR) is 126 cm³/mol.